The molecular weight excluding hydrogens is 307 g/mol. The molecular formula is C23H29P. The molecule has 3 aliphatic carbocycles. The van der Waals surface area contributed by atoms with Crippen molar-refractivity contribution in [2.24, 2.45) is 29.1 Å². The number of hydrogen-bond acceptors (Lipinski definition) is 0. The van der Waals surface area contributed by atoms with Crippen LogP contribution in [0.3, 0.4) is 0 Å². The Bertz CT molecular complexity index is 636. The quantitative estimate of drug-likeness (QED) is 0.652. The van der Waals surface area contributed by atoms with E-state index >= 15 is 0 Å². The molecule has 0 nitrogen and oxygen atoms in total. The summed E-state index contributed by atoms with van der Waals surface area (Å²) in [5.74, 6) is 3.69. The molecule has 3 saturated carbocycles. The van der Waals surface area contributed by atoms with Crippen LogP contribution in [0.4, 0.5) is 0 Å². The van der Waals surface area contributed by atoms with Crippen molar-refractivity contribution in [2.45, 2.75) is 33.6 Å². The molecule has 2 aromatic carbocycles. The second kappa shape index (κ2) is 6.30. The Labute approximate surface area is 148 Å². The van der Waals surface area contributed by atoms with E-state index in [2.05, 4.69) is 81.4 Å². The summed E-state index contributed by atoms with van der Waals surface area (Å²) in [6, 6.07) is 22.5. The first-order valence-electron chi connectivity index (χ1n) is 9.45. The highest BCUT2D eigenvalue weighted by atomic mass is 31.1. The molecule has 24 heavy (non-hydrogen) atoms. The van der Waals surface area contributed by atoms with Crippen LogP contribution in [0.15, 0.2) is 60.7 Å². The van der Waals surface area contributed by atoms with Gasteiger partial charge in [-0.1, -0.05) is 81.4 Å². The lowest BCUT2D eigenvalue weighted by Crippen LogP contribution is -2.56. The van der Waals surface area contributed by atoms with Crippen molar-refractivity contribution in [1.29, 1.82) is 0 Å². The van der Waals surface area contributed by atoms with E-state index in [1.165, 1.54) is 19.0 Å². The van der Waals surface area contributed by atoms with E-state index in [-0.39, 0.29) is 7.92 Å². The van der Waals surface area contributed by atoms with Crippen molar-refractivity contribution in [3.05, 3.63) is 60.7 Å². The number of benzene rings is 2. The fraction of sp³-hybridized carbons (Fsp3) is 0.478. The highest BCUT2D eigenvalue weighted by molar-refractivity contribution is 7.73. The first kappa shape index (κ1) is 16.3. The molecule has 0 radical (unpaired) electrons. The average Bonchev–Trinajstić information content (AvgIpc) is 2.61. The molecule has 0 saturated heterocycles. The van der Waals surface area contributed by atoms with Gasteiger partial charge in [-0.3, -0.25) is 0 Å². The van der Waals surface area contributed by atoms with Gasteiger partial charge in [-0.05, 0) is 66.6 Å². The highest BCUT2D eigenvalue weighted by Gasteiger charge is 2.56. The molecule has 0 aromatic heterocycles. The number of rotatable bonds is 4. The summed E-state index contributed by atoms with van der Waals surface area (Å²) in [5.41, 5.74) is 0.575. The second-order valence-electron chi connectivity index (χ2n) is 8.52. The monoisotopic (exact) mass is 336 g/mol. The molecule has 2 aromatic rings. The minimum Gasteiger partial charge on any atom is -0.0622 e. The van der Waals surface area contributed by atoms with Gasteiger partial charge in [0.05, 0.1) is 0 Å². The predicted molar refractivity (Wildman–Crippen MR) is 107 cm³/mol. The molecule has 126 valence electrons. The normalized spacial score (nSPS) is 30.8. The minimum absolute atomic E-state index is 0.244. The Morgan fingerprint density at radius 1 is 0.875 bits per heavy atom. The minimum atomic E-state index is -0.244. The molecule has 4 atom stereocenters. The molecule has 5 rings (SSSR count). The van der Waals surface area contributed by atoms with Gasteiger partial charge in [0.15, 0.2) is 0 Å². The van der Waals surface area contributed by atoms with E-state index in [9.17, 15) is 0 Å². The van der Waals surface area contributed by atoms with Gasteiger partial charge >= 0.3 is 0 Å². The third-order valence-corrected chi connectivity index (χ3v) is 9.61. The maximum Gasteiger partial charge on any atom is -0.0195 e. The smallest absolute Gasteiger partial charge is 0.0195 e. The van der Waals surface area contributed by atoms with Crippen molar-refractivity contribution in [1.82, 2.24) is 0 Å². The summed E-state index contributed by atoms with van der Waals surface area (Å²) < 4.78 is 0. The SMILES string of the molecule is C[C@H]1C[C@@H]2C[C@H]([C@H]1CP(c1ccccc1)c1ccccc1)C2(C)C. The Balaban J connectivity index is 1.65. The predicted octanol–water partition coefficient (Wildman–Crippen LogP) is 5.44. The van der Waals surface area contributed by atoms with Crippen molar-refractivity contribution < 1.29 is 0 Å². The standard InChI is InChI=1S/C23H29P/c1-17-14-18-15-22(23(18,2)3)21(17)16-24(19-10-6-4-7-11-19)20-12-8-5-9-13-20/h4-13,17-18,21-22H,14-16H2,1-3H3/t17-,18+,21-,22+/m0/s1. The van der Waals surface area contributed by atoms with Gasteiger partial charge in [0, 0.05) is 0 Å². The van der Waals surface area contributed by atoms with Gasteiger partial charge in [0.2, 0.25) is 0 Å². The third-order valence-electron chi connectivity index (χ3n) is 6.98. The van der Waals surface area contributed by atoms with Crippen molar-refractivity contribution in [2.75, 3.05) is 6.16 Å². The number of hydrogen-bond donors (Lipinski definition) is 0. The van der Waals surface area contributed by atoms with Crippen molar-refractivity contribution >= 4 is 18.5 Å². The molecule has 0 aliphatic heterocycles. The molecule has 1 heteroatoms. The van der Waals surface area contributed by atoms with Crippen LogP contribution in [0.25, 0.3) is 0 Å². The fourth-order valence-electron chi connectivity index (χ4n) is 5.30. The van der Waals surface area contributed by atoms with Crippen LogP contribution in [0.2, 0.25) is 0 Å². The maximum atomic E-state index is 2.53. The lowest BCUT2D eigenvalue weighted by Gasteiger charge is -2.63. The van der Waals surface area contributed by atoms with Crippen LogP contribution in [0.5, 0.6) is 0 Å². The van der Waals surface area contributed by atoms with Gasteiger partial charge in [0.1, 0.15) is 0 Å². The highest BCUT2D eigenvalue weighted by Crippen LogP contribution is 2.64. The summed E-state index contributed by atoms with van der Waals surface area (Å²) in [4.78, 5) is 0. The molecule has 0 amide bonds. The zero-order valence-electron chi connectivity index (χ0n) is 15.2. The molecule has 0 N–H and O–H groups in total. The van der Waals surface area contributed by atoms with Crippen molar-refractivity contribution in [3.8, 4) is 0 Å². The Kier molecular flexibility index (Phi) is 4.29. The number of fused-ring (bicyclic) bond motifs is 2. The Morgan fingerprint density at radius 2 is 1.42 bits per heavy atom. The summed E-state index contributed by atoms with van der Waals surface area (Å²) >= 11 is 0. The van der Waals surface area contributed by atoms with E-state index in [4.69, 9.17) is 0 Å². The van der Waals surface area contributed by atoms with Crippen LogP contribution in [0, 0.1) is 29.1 Å². The van der Waals surface area contributed by atoms with E-state index in [1.54, 1.807) is 10.6 Å². The molecule has 0 spiro atoms. The van der Waals surface area contributed by atoms with Crippen LogP contribution in [0.1, 0.15) is 33.6 Å². The van der Waals surface area contributed by atoms with Gasteiger partial charge < -0.3 is 0 Å². The lowest BCUT2D eigenvalue weighted by atomic mass is 9.44. The maximum absolute atomic E-state index is 2.53. The largest absolute Gasteiger partial charge is 0.0622 e. The van der Waals surface area contributed by atoms with E-state index in [1.807, 2.05) is 0 Å². The summed E-state index contributed by atoms with van der Waals surface area (Å²) in [5, 5.41) is 3.09. The zero-order valence-corrected chi connectivity index (χ0v) is 16.0. The van der Waals surface area contributed by atoms with Gasteiger partial charge in [-0.2, -0.15) is 0 Å². The second-order valence-corrected chi connectivity index (χ2v) is 10.8. The van der Waals surface area contributed by atoms with Crippen LogP contribution < -0.4 is 10.6 Å². The van der Waals surface area contributed by atoms with Crippen LogP contribution in [-0.2, 0) is 0 Å². The summed E-state index contributed by atoms with van der Waals surface area (Å²) in [6.45, 7) is 7.57. The first-order chi connectivity index (χ1) is 11.6. The Morgan fingerprint density at radius 3 is 1.92 bits per heavy atom. The molecule has 0 unspecified atom stereocenters. The Hall–Kier alpha value is -1.13. The molecule has 3 aliphatic rings. The fourth-order valence-corrected chi connectivity index (χ4v) is 8.12. The van der Waals surface area contributed by atoms with Crippen LogP contribution in [-0.4, -0.2) is 6.16 Å². The topological polar surface area (TPSA) is 0 Å². The van der Waals surface area contributed by atoms with E-state index in [0.29, 0.717) is 5.41 Å². The summed E-state index contributed by atoms with van der Waals surface area (Å²) in [6.07, 6.45) is 4.29. The summed E-state index contributed by atoms with van der Waals surface area (Å²) in [7, 11) is -0.244. The third kappa shape index (κ3) is 2.74. The lowest BCUT2D eigenvalue weighted by molar-refractivity contribution is -0.123. The zero-order chi connectivity index (χ0) is 16.7. The van der Waals surface area contributed by atoms with Crippen LogP contribution >= 0.6 is 7.92 Å². The average molecular weight is 336 g/mol. The molecule has 0 heterocycles. The molecule has 2 bridgehead atoms. The first-order valence-corrected chi connectivity index (χ1v) is 11.0. The van der Waals surface area contributed by atoms with E-state index in [0.717, 1.165) is 23.7 Å². The van der Waals surface area contributed by atoms with Gasteiger partial charge in [-0.25, -0.2) is 0 Å². The van der Waals surface area contributed by atoms with Gasteiger partial charge in [0.25, 0.3) is 0 Å². The van der Waals surface area contributed by atoms with Gasteiger partial charge in [-0.15, -0.1) is 0 Å². The molecule has 3 fully saturated rings. The van der Waals surface area contributed by atoms with Crippen molar-refractivity contribution in [3.63, 3.8) is 0 Å². The van der Waals surface area contributed by atoms with E-state index < -0.39 is 0 Å².